The number of rotatable bonds is 7. The number of hydrogen-bond acceptors (Lipinski definition) is 11. The van der Waals surface area contributed by atoms with Crippen molar-refractivity contribution in [2.45, 2.75) is 48.8 Å². The number of aldehydes is 1. The molecule has 4 unspecified atom stereocenters. The molecule has 12 nitrogen and oxygen atoms in total. The number of aliphatic hydroxyl groups excluding tert-OH is 8. The molecule has 12 heteroatoms. The second-order valence-corrected chi connectivity index (χ2v) is 4.95. The molecule has 1 fully saturated rings. The van der Waals surface area contributed by atoms with Crippen LogP contribution in [0.5, 0.6) is 0 Å². The van der Waals surface area contributed by atoms with Gasteiger partial charge in [-0.05, 0) is 0 Å². The van der Waals surface area contributed by atoms with Crippen LogP contribution in [0.2, 0.25) is 0 Å². The first kappa shape index (κ1) is 22.8. The van der Waals surface area contributed by atoms with Gasteiger partial charge in [-0.15, -0.1) is 0 Å². The summed E-state index contributed by atoms with van der Waals surface area (Å²) in [6, 6.07) is 0. The number of carbonyl (C=O) groups excluding carboxylic acids is 1. The Labute approximate surface area is 135 Å². The molecule has 24 heavy (non-hydrogen) atoms. The summed E-state index contributed by atoms with van der Waals surface area (Å²) in [6.07, 6.45) is -12.1. The van der Waals surface area contributed by atoms with Gasteiger partial charge in [0.15, 0.2) is 12.4 Å². The molecule has 0 saturated carbocycles. The van der Waals surface area contributed by atoms with E-state index in [1.807, 2.05) is 0 Å². The first-order chi connectivity index (χ1) is 11.1. The number of ether oxygens (including phenoxy) is 1. The molecule has 0 aliphatic carbocycles. The van der Waals surface area contributed by atoms with Gasteiger partial charge in [0.05, 0.1) is 13.2 Å². The molecule has 1 aliphatic heterocycles. The second-order valence-electron chi connectivity index (χ2n) is 4.95. The van der Waals surface area contributed by atoms with E-state index in [2.05, 4.69) is 0 Å². The number of aliphatic hydroxyl groups is 8. The fourth-order valence-corrected chi connectivity index (χ4v) is 1.74. The zero-order chi connectivity index (χ0) is 19.0. The predicted molar refractivity (Wildman–Crippen MR) is 72.6 cm³/mol. The Balaban J connectivity index is 0.000000446. The third-order valence-electron chi connectivity index (χ3n) is 3.24. The molecule has 142 valence electrons. The lowest BCUT2D eigenvalue weighted by Gasteiger charge is -2.21. The van der Waals surface area contributed by atoms with Gasteiger partial charge in [-0.2, -0.15) is 0 Å². The maximum Gasteiger partial charge on any atom is 0.335 e. The van der Waals surface area contributed by atoms with Crippen LogP contribution in [-0.4, -0.2) is 120 Å². The molecule has 0 aromatic heterocycles. The van der Waals surface area contributed by atoms with Crippen LogP contribution in [-0.2, 0) is 14.3 Å². The maximum absolute atomic E-state index is 10.1. The van der Waals surface area contributed by atoms with E-state index in [4.69, 9.17) is 50.7 Å². The van der Waals surface area contributed by atoms with Gasteiger partial charge in [-0.3, -0.25) is 0 Å². The fraction of sp³-hybridized carbons (Fsp3) is 0.833. The molecule has 0 aromatic carbocycles. The van der Waals surface area contributed by atoms with Crippen molar-refractivity contribution in [3.8, 4) is 0 Å². The van der Waals surface area contributed by atoms with Gasteiger partial charge < -0.3 is 55.5 Å². The first-order valence-corrected chi connectivity index (χ1v) is 6.75. The Morgan fingerprint density at radius 1 is 0.958 bits per heavy atom. The van der Waals surface area contributed by atoms with E-state index in [1.165, 1.54) is 0 Å². The summed E-state index contributed by atoms with van der Waals surface area (Å²) < 4.78 is 4.88. The molecule has 0 radical (unpaired) electrons. The summed E-state index contributed by atoms with van der Waals surface area (Å²) in [5.74, 6) is -1.76. The maximum atomic E-state index is 10.1. The number of carboxylic acid groups (broad SMARTS) is 1. The highest BCUT2D eigenvalue weighted by Gasteiger charge is 2.41. The minimum Gasteiger partial charge on any atom is -0.479 e. The molecule has 1 aliphatic rings. The van der Waals surface area contributed by atoms with Crippen molar-refractivity contribution in [2.24, 2.45) is 0 Å². The summed E-state index contributed by atoms with van der Waals surface area (Å²) in [6.45, 7) is -0.705. The highest BCUT2D eigenvalue weighted by atomic mass is 16.6. The van der Waals surface area contributed by atoms with Gasteiger partial charge in [0.1, 0.15) is 42.7 Å². The van der Waals surface area contributed by atoms with Gasteiger partial charge >= 0.3 is 5.97 Å². The fourth-order valence-electron chi connectivity index (χ4n) is 1.74. The summed E-state index contributed by atoms with van der Waals surface area (Å²) in [5, 5.41) is 78.6. The number of aliphatic carboxylic acids is 1. The molecule has 1 saturated heterocycles. The second kappa shape index (κ2) is 10.6. The van der Waals surface area contributed by atoms with Crippen molar-refractivity contribution in [3.05, 3.63) is 0 Å². The van der Waals surface area contributed by atoms with Crippen molar-refractivity contribution in [1.82, 2.24) is 0 Å². The van der Waals surface area contributed by atoms with E-state index >= 15 is 0 Å². The molecule has 1 heterocycles. The Kier molecular flexibility index (Phi) is 10.1. The van der Waals surface area contributed by atoms with E-state index in [1.54, 1.807) is 0 Å². The van der Waals surface area contributed by atoms with Crippen molar-refractivity contribution in [3.63, 3.8) is 0 Å². The Morgan fingerprint density at radius 3 is 1.62 bits per heavy atom. The van der Waals surface area contributed by atoms with Crippen LogP contribution in [0, 0.1) is 0 Å². The zero-order valence-corrected chi connectivity index (χ0v) is 12.4. The monoisotopic (exact) mass is 358 g/mol. The van der Waals surface area contributed by atoms with E-state index in [0.717, 1.165) is 0 Å². The van der Waals surface area contributed by atoms with E-state index in [9.17, 15) is 9.59 Å². The quantitative estimate of drug-likeness (QED) is 0.194. The Bertz CT molecular complexity index is 372. The van der Waals surface area contributed by atoms with Crippen LogP contribution < -0.4 is 0 Å². The highest BCUT2D eigenvalue weighted by molar-refractivity contribution is 5.73. The number of hydrogen-bond donors (Lipinski definition) is 9. The van der Waals surface area contributed by atoms with E-state index < -0.39 is 54.8 Å². The van der Waals surface area contributed by atoms with Crippen LogP contribution >= 0.6 is 0 Å². The van der Waals surface area contributed by atoms with Crippen LogP contribution in [0.1, 0.15) is 0 Å². The molecule has 0 bridgehead atoms. The zero-order valence-electron chi connectivity index (χ0n) is 12.4. The predicted octanol–water partition coefficient (Wildman–Crippen LogP) is -5.83. The highest BCUT2D eigenvalue weighted by Crippen LogP contribution is 2.20. The molecule has 0 aromatic rings. The molecule has 0 amide bonds. The summed E-state index contributed by atoms with van der Waals surface area (Å²) >= 11 is 0. The summed E-state index contributed by atoms with van der Waals surface area (Å²) in [7, 11) is 0. The molecule has 9 N–H and O–H groups in total. The lowest BCUT2D eigenvalue weighted by Crippen LogP contribution is -2.48. The molecule has 1 rings (SSSR count). The minimum absolute atomic E-state index is 0.0809. The van der Waals surface area contributed by atoms with Crippen LogP contribution in [0.3, 0.4) is 0 Å². The van der Waals surface area contributed by atoms with Crippen molar-refractivity contribution < 1.29 is 60.3 Å². The molecule has 8 atom stereocenters. The Hall–Kier alpha value is -1.22. The first-order valence-electron chi connectivity index (χ1n) is 6.75. The largest absolute Gasteiger partial charge is 0.479 e. The van der Waals surface area contributed by atoms with Crippen molar-refractivity contribution in [2.75, 3.05) is 13.2 Å². The van der Waals surface area contributed by atoms with Gasteiger partial charge in [0.2, 0.25) is 0 Å². The van der Waals surface area contributed by atoms with E-state index in [0.29, 0.717) is 0 Å². The van der Waals surface area contributed by atoms with Crippen LogP contribution in [0.4, 0.5) is 0 Å². The van der Waals surface area contributed by atoms with Crippen molar-refractivity contribution in [1.29, 1.82) is 0 Å². The topological polar surface area (TPSA) is 225 Å². The van der Waals surface area contributed by atoms with Gasteiger partial charge in [-0.25, -0.2) is 4.79 Å². The van der Waals surface area contributed by atoms with E-state index in [-0.39, 0.29) is 19.5 Å². The van der Waals surface area contributed by atoms with Crippen LogP contribution in [0.25, 0.3) is 0 Å². The number of carbonyl (C=O) groups is 2. The lowest BCUT2D eigenvalue weighted by atomic mass is 10.0. The smallest absolute Gasteiger partial charge is 0.335 e. The molecular weight excluding hydrogens is 336 g/mol. The molecule has 0 spiro atoms. The average molecular weight is 358 g/mol. The normalized spacial score (nSPS) is 31.3. The van der Waals surface area contributed by atoms with Crippen LogP contribution in [0.15, 0.2) is 0 Å². The molecular formula is C12H22O12. The minimum atomic E-state index is -2.25. The average Bonchev–Trinajstić information content (AvgIpc) is 2.86. The lowest BCUT2D eigenvalue weighted by molar-refractivity contribution is -0.163. The SMILES string of the molecule is O=CC(O)C(O)C(O)C(O)C(=O)O.OC[C@H]1O[C@H](CO)[C@@H](O)[C@@H]1O. The third kappa shape index (κ3) is 6.01. The van der Waals surface area contributed by atoms with Gasteiger partial charge in [-0.1, -0.05) is 0 Å². The Morgan fingerprint density at radius 2 is 1.38 bits per heavy atom. The summed E-state index contributed by atoms with van der Waals surface area (Å²) in [4.78, 5) is 20.0. The third-order valence-corrected chi connectivity index (χ3v) is 3.24. The van der Waals surface area contributed by atoms with Gasteiger partial charge in [0, 0.05) is 0 Å². The van der Waals surface area contributed by atoms with Crippen molar-refractivity contribution >= 4 is 12.3 Å². The number of carboxylic acids is 1. The summed E-state index contributed by atoms with van der Waals surface area (Å²) in [5.41, 5.74) is 0. The van der Waals surface area contributed by atoms with Gasteiger partial charge in [0.25, 0.3) is 0 Å². The standard InChI is InChI=1S/C6H10O7.C6H12O5/c7-1-2(8)3(9)4(10)5(11)6(12)13;7-1-3-5(9)6(10)4(2-8)11-3/h1-5,8-11H,(H,12,13);3-10H,1-2H2/t;3-,4-,5-,6-/m.1/s1.